The molecule has 0 bridgehead atoms. The molecule has 0 aliphatic heterocycles. The first kappa shape index (κ1) is 11.1. The van der Waals surface area contributed by atoms with E-state index < -0.39 is 0 Å². The molecule has 3 nitrogen and oxygen atoms in total. The van der Waals surface area contributed by atoms with E-state index in [0.717, 1.165) is 11.4 Å². The van der Waals surface area contributed by atoms with Crippen molar-refractivity contribution in [2.45, 2.75) is 0 Å². The summed E-state index contributed by atoms with van der Waals surface area (Å²) in [5.74, 6) is 0. The number of hydrogen-bond donors (Lipinski definition) is 0. The van der Waals surface area contributed by atoms with Crippen molar-refractivity contribution in [2.75, 3.05) is 4.90 Å². The highest BCUT2D eigenvalue weighted by atomic mass is 16.2. The van der Waals surface area contributed by atoms with Gasteiger partial charge in [0.1, 0.15) is 0 Å². The average Bonchev–Trinajstić information content (AvgIpc) is 2.41. The lowest BCUT2D eigenvalue weighted by molar-refractivity contribution is 0.256. The lowest BCUT2D eigenvalue weighted by atomic mass is 10.2. The van der Waals surface area contributed by atoms with Crippen molar-refractivity contribution in [2.24, 2.45) is 4.99 Å². The van der Waals surface area contributed by atoms with Crippen LogP contribution >= 0.6 is 0 Å². The van der Waals surface area contributed by atoms with Gasteiger partial charge in [0.2, 0.25) is 0 Å². The van der Waals surface area contributed by atoms with Crippen LogP contribution in [0.4, 0.5) is 16.2 Å². The second-order valence-corrected chi connectivity index (χ2v) is 3.45. The maximum absolute atomic E-state index is 11.8. The van der Waals surface area contributed by atoms with Crippen LogP contribution in [0, 0.1) is 0 Å². The van der Waals surface area contributed by atoms with Crippen molar-refractivity contribution in [3.05, 3.63) is 60.7 Å². The number of aliphatic imine (C=N–C) groups is 1. The molecular weight excluding hydrogens is 212 g/mol. The van der Waals surface area contributed by atoms with Crippen molar-refractivity contribution >= 4 is 24.1 Å². The van der Waals surface area contributed by atoms with E-state index in [-0.39, 0.29) is 6.03 Å². The fourth-order valence-corrected chi connectivity index (χ4v) is 1.59. The molecule has 3 heteroatoms. The van der Waals surface area contributed by atoms with Crippen LogP contribution in [0.3, 0.4) is 0 Å². The van der Waals surface area contributed by atoms with Gasteiger partial charge in [-0.15, -0.1) is 0 Å². The Kier molecular flexibility index (Phi) is 3.31. The Hall–Kier alpha value is -2.42. The van der Waals surface area contributed by atoms with E-state index in [2.05, 4.69) is 11.7 Å². The highest BCUT2D eigenvalue weighted by Crippen LogP contribution is 2.25. The summed E-state index contributed by atoms with van der Waals surface area (Å²) in [7, 11) is 0. The average molecular weight is 224 g/mol. The highest BCUT2D eigenvalue weighted by molar-refractivity contribution is 6.01. The minimum Gasteiger partial charge on any atom is -0.261 e. The number of anilines is 2. The first-order valence-corrected chi connectivity index (χ1v) is 5.24. The molecule has 2 aromatic carbocycles. The van der Waals surface area contributed by atoms with E-state index in [0.29, 0.717) is 0 Å². The molecule has 2 rings (SSSR count). The summed E-state index contributed by atoms with van der Waals surface area (Å²) in [5.41, 5.74) is 1.55. The van der Waals surface area contributed by atoms with E-state index in [1.807, 2.05) is 60.7 Å². The monoisotopic (exact) mass is 224 g/mol. The van der Waals surface area contributed by atoms with E-state index in [1.54, 1.807) is 0 Å². The Labute approximate surface area is 100 Å². The van der Waals surface area contributed by atoms with Crippen LogP contribution in [-0.2, 0) is 0 Å². The molecule has 0 atom stereocenters. The van der Waals surface area contributed by atoms with Crippen LogP contribution in [0.5, 0.6) is 0 Å². The topological polar surface area (TPSA) is 32.7 Å². The molecule has 0 radical (unpaired) electrons. The predicted molar refractivity (Wildman–Crippen MR) is 70.0 cm³/mol. The minimum absolute atomic E-state index is 0.387. The Morgan fingerprint density at radius 1 is 0.882 bits per heavy atom. The summed E-state index contributed by atoms with van der Waals surface area (Å²) in [5, 5.41) is 0. The Morgan fingerprint density at radius 2 is 1.29 bits per heavy atom. The van der Waals surface area contributed by atoms with Crippen LogP contribution in [0.15, 0.2) is 65.7 Å². The van der Waals surface area contributed by atoms with Gasteiger partial charge < -0.3 is 0 Å². The molecule has 0 spiro atoms. The summed E-state index contributed by atoms with van der Waals surface area (Å²) in [4.78, 5) is 16.8. The third kappa shape index (κ3) is 2.39. The molecular formula is C14H12N2O. The first-order chi connectivity index (χ1) is 8.33. The van der Waals surface area contributed by atoms with Gasteiger partial charge in [0, 0.05) is 0 Å². The summed E-state index contributed by atoms with van der Waals surface area (Å²) in [6.45, 7) is 3.29. The van der Waals surface area contributed by atoms with Gasteiger partial charge in [-0.3, -0.25) is 4.90 Å². The Bertz CT molecular complexity index is 469. The number of benzene rings is 2. The fraction of sp³-hybridized carbons (Fsp3) is 0. The number of rotatable bonds is 2. The molecule has 0 saturated carbocycles. The molecule has 2 amide bonds. The zero-order valence-electron chi connectivity index (χ0n) is 9.28. The molecule has 0 unspecified atom stereocenters. The van der Waals surface area contributed by atoms with Gasteiger partial charge in [0.15, 0.2) is 0 Å². The quantitative estimate of drug-likeness (QED) is 0.717. The predicted octanol–water partition coefficient (Wildman–Crippen LogP) is 3.65. The molecule has 0 aliphatic rings. The molecule has 0 N–H and O–H groups in total. The normalized spacial score (nSPS) is 9.65. The van der Waals surface area contributed by atoms with Crippen molar-refractivity contribution in [1.29, 1.82) is 0 Å². The smallest absolute Gasteiger partial charge is 0.261 e. The zero-order chi connectivity index (χ0) is 12.1. The van der Waals surface area contributed by atoms with Gasteiger partial charge in [-0.1, -0.05) is 36.4 Å². The Balaban J connectivity index is 2.47. The SMILES string of the molecule is C=NC(=O)N(c1ccccc1)c1ccccc1. The van der Waals surface area contributed by atoms with Crippen LogP contribution in [0.1, 0.15) is 0 Å². The second-order valence-electron chi connectivity index (χ2n) is 3.45. The highest BCUT2D eigenvalue weighted by Gasteiger charge is 2.15. The van der Waals surface area contributed by atoms with Gasteiger partial charge in [-0.2, -0.15) is 0 Å². The number of carbonyl (C=O) groups is 1. The van der Waals surface area contributed by atoms with Gasteiger partial charge in [-0.25, -0.2) is 9.79 Å². The second kappa shape index (κ2) is 5.07. The van der Waals surface area contributed by atoms with Crippen LogP contribution in [0.2, 0.25) is 0 Å². The number of carbonyl (C=O) groups excluding carboxylic acids is 1. The summed E-state index contributed by atoms with van der Waals surface area (Å²) < 4.78 is 0. The molecule has 0 heterocycles. The molecule has 0 aliphatic carbocycles. The molecule has 84 valence electrons. The Morgan fingerprint density at radius 3 is 1.65 bits per heavy atom. The van der Waals surface area contributed by atoms with E-state index in [4.69, 9.17) is 0 Å². The largest absolute Gasteiger partial charge is 0.351 e. The maximum atomic E-state index is 11.8. The third-order valence-electron chi connectivity index (χ3n) is 2.36. The van der Waals surface area contributed by atoms with E-state index in [1.165, 1.54) is 4.90 Å². The van der Waals surface area contributed by atoms with Crippen molar-refractivity contribution < 1.29 is 4.79 Å². The van der Waals surface area contributed by atoms with Gasteiger partial charge >= 0.3 is 6.03 Å². The number of nitrogens with zero attached hydrogens (tertiary/aromatic N) is 2. The molecule has 0 aromatic heterocycles. The van der Waals surface area contributed by atoms with Gasteiger partial charge in [0.05, 0.1) is 11.4 Å². The van der Waals surface area contributed by atoms with Crippen LogP contribution in [-0.4, -0.2) is 12.7 Å². The van der Waals surface area contributed by atoms with Crippen molar-refractivity contribution in [1.82, 2.24) is 0 Å². The van der Waals surface area contributed by atoms with Gasteiger partial charge in [0.25, 0.3) is 0 Å². The molecule has 0 saturated heterocycles. The molecule has 17 heavy (non-hydrogen) atoms. The fourth-order valence-electron chi connectivity index (χ4n) is 1.59. The standard InChI is InChI=1S/C14H12N2O/c1-15-14(17)16(12-8-4-2-5-9-12)13-10-6-3-7-11-13/h2-11H,1H2. The van der Waals surface area contributed by atoms with Crippen molar-refractivity contribution in [3.63, 3.8) is 0 Å². The number of para-hydroxylation sites is 2. The number of urea groups is 1. The lowest BCUT2D eigenvalue weighted by Gasteiger charge is -2.20. The number of amides is 2. The minimum atomic E-state index is -0.387. The third-order valence-corrected chi connectivity index (χ3v) is 2.36. The summed E-state index contributed by atoms with van der Waals surface area (Å²) in [6, 6.07) is 18.4. The van der Waals surface area contributed by atoms with E-state index >= 15 is 0 Å². The summed E-state index contributed by atoms with van der Waals surface area (Å²) in [6.07, 6.45) is 0. The maximum Gasteiger partial charge on any atom is 0.351 e. The molecule has 2 aromatic rings. The van der Waals surface area contributed by atoms with Crippen LogP contribution < -0.4 is 4.90 Å². The zero-order valence-corrected chi connectivity index (χ0v) is 9.28. The molecule has 0 fully saturated rings. The van der Waals surface area contributed by atoms with E-state index in [9.17, 15) is 4.79 Å². The first-order valence-electron chi connectivity index (χ1n) is 5.24. The summed E-state index contributed by atoms with van der Waals surface area (Å²) >= 11 is 0. The van der Waals surface area contributed by atoms with Crippen LogP contribution in [0.25, 0.3) is 0 Å². The number of hydrogen-bond acceptors (Lipinski definition) is 1. The van der Waals surface area contributed by atoms with Crippen molar-refractivity contribution in [3.8, 4) is 0 Å². The van der Waals surface area contributed by atoms with Gasteiger partial charge in [-0.05, 0) is 31.0 Å². The lowest BCUT2D eigenvalue weighted by Crippen LogP contribution is -2.22.